The second kappa shape index (κ2) is 6.66. The van der Waals surface area contributed by atoms with Gasteiger partial charge in [0.2, 0.25) is 0 Å². The lowest BCUT2D eigenvalue weighted by atomic mass is 9.91. The summed E-state index contributed by atoms with van der Waals surface area (Å²) in [6, 6.07) is 4.72. The van der Waals surface area contributed by atoms with Gasteiger partial charge in [0.1, 0.15) is 0 Å². The normalized spacial score (nSPS) is 19.8. The van der Waals surface area contributed by atoms with Gasteiger partial charge in [-0.15, -0.1) is 0 Å². The maximum absolute atomic E-state index is 12.9. The van der Waals surface area contributed by atoms with Crippen molar-refractivity contribution in [3.8, 4) is 0 Å². The van der Waals surface area contributed by atoms with Gasteiger partial charge in [-0.2, -0.15) is 13.2 Å². The number of halogens is 3. The van der Waals surface area contributed by atoms with Crippen LogP contribution in [0.3, 0.4) is 0 Å². The van der Waals surface area contributed by atoms with Crippen LogP contribution < -0.4 is 0 Å². The van der Waals surface area contributed by atoms with Crippen molar-refractivity contribution < 1.29 is 23.2 Å². The number of non-ortho nitro benzene ring substituents is 1. The summed E-state index contributed by atoms with van der Waals surface area (Å²) >= 11 is 5.43. The smallest absolute Gasteiger partial charge is 0.380 e. The number of piperidine rings is 1. The Kier molecular flexibility index (Phi) is 4.82. The molecular formula is C16H18F3N3O3S. The molecule has 6 nitrogen and oxygen atoms in total. The van der Waals surface area contributed by atoms with Gasteiger partial charge in [0.05, 0.1) is 4.92 Å². The van der Waals surface area contributed by atoms with Crippen molar-refractivity contribution in [1.29, 1.82) is 0 Å². The molecule has 0 aliphatic carbocycles. The van der Waals surface area contributed by atoms with Crippen LogP contribution in [-0.2, 0) is 13.0 Å². The Morgan fingerprint density at radius 3 is 2.42 bits per heavy atom. The molecule has 2 heterocycles. The average Bonchev–Trinajstić information content (AvgIpc) is 2.60. The Hall–Kier alpha value is -1.94. The molecule has 0 spiro atoms. The van der Waals surface area contributed by atoms with Crippen molar-refractivity contribution in [2.24, 2.45) is 0 Å². The van der Waals surface area contributed by atoms with Gasteiger partial charge in [-0.05, 0) is 29.8 Å². The molecule has 1 aromatic rings. The van der Waals surface area contributed by atoms with Crippen LogP contribution in [0.15, 0.2) is 18.2 Å². The van der Waals surface area contributed by atoms with Gasteiger partial charge in [0.25, 0.3) is 5.69 Å². The molecule has 0 amide bonds. The number of nitrogens with zero attached hydrogens (tertiary/aromatic N) is 3. The van der Waals surface area contributed by atoms with E-state index in [2.05, 4.69) is 0 Å². The number of hydrogen-bond acceptors (Lipinski definition) is 4. The largest absolute Gasteiger partial charge is 0.417 e. The molecule has 0 radical (unpaired) electrons. The standard InChI is InChI=1S/C16H18F3N3O3S/c17-16(18,19)15(23)4-7-20(8-5-15)14(26)21-6-3-11-1-2-13(22(24)25)9-12(11)10-21/h1-2,9,23H,3-8,10H2. The fourth-order valence-electron chi connectivity index (χ4n) is 3.37. The van der Waals surface area contributed by atoms with Crippen LogP contribution in [-0.4, -0.2) is 56.4 Å². The monoisotopic (exact) mass is 389 g/mol. The van der Waals surface area contributed by atoms with Crippen molar-refractivity contribution >= 4 is 23.0 Å². The summed E-state index contributed by atoms with van der Waals surface area (Å²) < 4.78 is 38.7. The summed E-state index contributed by atoms with van der Waals surface area (Å²) in [5, 5.41) is 21.1. The van der Waals surface area contributed by atoms with Gasteiger partial charge in [-0.25, -0.2) is 0 Å². The highest BCUT2D eigenvalue weighted by Crippen LogP contribution is 2.38. The Bertz CT molecular complexity index is 733. The first-order valence-electron chi connectivity index (χ1n) is 8.20. The molecule has 0 bridgehead atoms. The molecule has 26 heavy (non-hydrogen) atoms. The third-order valence-corrected chi connectivity index (χ3v) is 5.59. The molecular weight excluding hydrogens is 371 g/mol. The second-order valence-corrected chi connectivity index (χ2v) is 7.05. The first kappa shape index (κ1) is 18.8. The zero-order chi connectivity index (χ0) is 19.1. The fraction of sp³-hybridized carbons (Fsp3) is 0.562. The summed E-state index contributed by atoms with van der Waals surface area (Å²) in [5.41, 5.74) is -0.838. The van der Waals surface area contributed by atoms with Crippen LogP contribution in [0.4, 0.5) is 18.9 Å². The zero-order valence-corrected chi connectivity index (χ0v) is 14.6. The van der Waals surface area contributed by atoms with Gasteiger partial charge in [0, 0.05) is 51.2 Å². The van der Waals surface area contributed by atoms with E-state index in [9.17, 15) is 28.4 Å². The van der Waals surface area contributed by atoms with Crippen molar-refractivity contribution in [3.05, 3.63) is 39.4 Å². The van der Waals surface area contributed by atoms with E-state index in [1.165, 1.54) is 12.1 Å². The molecule has 0 aromatic heterocycles. The molecule has 2 aliphatic heterocycles. The van der Waals surface area contributed by atoms with Gasteiger partial charge in [-0.3, -0.25) is 10.1 Å². The van der Waals surface area contributed by atoms with Gasteiger partial charge >= 0.3 is 6.18 Å². The van der Waals surface area contributed by atoms with Crippen LogP contribution in [0.1, 0.15) is 24.0 Å². The van der Waals surface area contributed by atoms with Crippen LogP contribution in [0.5, 0.6) is 0 Å². The summed E-state index contributed by atoms with van der Waals surface area (Å²) in [6.07, 6.45) is -4.84. The zero-order valence-electron chi connectivity index (χ0n) is 13.8. The van der Waals surface area contributed by atoms with Crippen LogP contribution in [0.2, 0.25) is 0 Å². The minimum absolute atomic E-state index is 0.00438. The maximum Gasteiger partial charge on any atom is 0.417 e. The highest BCUT2D eigenvalue weighted by atomic mass is 32.1. The molecule has 1 saturated heterocycles. The fourth-order valence-corrected chi connectivity index (χ4v) is 3.71. The minimum Gasteiger partial charge on any atom is -0.380 e. The van der Waals surface area contributed by atoms with Gasteiger partial charge in [0.15, 0.2) is 10.7 Å². The molecule has 0 atom stereocenters. The molecule has 1 fully saturated rings. The number of fused-ring (bicyclic) bond motifs is 1. The number of benzene rings is 1. The van der Waals surface area contributed by atoms with E-state index in [1.807, 2.05) is 4.90 Å². The Balaban J connectivity index is 1.67. The highest BCUT2D eigenvalue weighted by Gasteiger charge is 2.54. The van der Waals surface area contributed by atoms with Gasteiger partial charge < -0.3 is 14.9 Å². The number of likely N-dealkylation sites (tertiary alicyclic amines) is 1. The first-order valence-corrected chi connectivity index (χ1v) is 8.61. The summed E-state index contributed by atoms with van der Waals surface area (Å²) in [5.74, 6) is 0. The molecule has 142 valence electrons. The lowest BCUT2D eigenvalue weighted by Crippen LogP contribution is -2.56. The summed E-state index contributed by atoms with van der Waals surface area (Å²) in [7, 11) is 0. The van der Waals surface area contributed by atoms with Crippen molar-refractivity contribution in [3.63, 3.8) is 0 Å². The van der Waals surface area contributed by atoms with E-state index >= 15 is 0 Å². The number of rotatable bonds is 1. The molecule has 1 aromatic carbocycles. The number of nitro groups is 1. The first-order chi connectivity index (χ1) is 12.1. The van der Waals surface area contributed by atoms with E-state index in [0.717, 1.165) is 11.1 Å². The predicted octanol–water partition coefficient (Wildman–Crippen LogP) is 2.63. The molecule has 0 saturated carbocycles. The summed E-state index contributed by atoms with van der Waals surface area (Å²) in [4.78, 5) is 14.0. The number of alkyl halides is 3. The van der Waals surface area contributed by atoms with E-state index < -0.39 is 29.5 Å². The molecule has 1 N–H and O–H groups in total. The van der Waals surface area contributed by atoms with Crippen LogP contribution in [0.25, 0.3) is 0 Å². The number of aliphatic hydroxyl groups is 1. The Morgan fingerprint density at radius 1 is 1.19 bits per heavy atom. The summed E-state index contributed by atoms with van der Waals surface area (Å²) in [6.45, 7) is 1.03. The predicted molar refractivity (Wildman–Crippen MR) is 91.6 cm³/mol. The quantitative estimate of drug-likeness (QED) is 0.452. The maximum atomic E-state index is 12.9. The second-order valence-electron chi connectivity index (χ2n) is 6.68. The topological polar surface area (TPSA) is 69.9 Å². The number of nitro benzene ring substituents is 1. The Morgan fingerprint density at radius 2 is 1.85 bits per heavy atom. The highest BCUT2D eigenvalue weighted by molar-refractivity contribution is 7.80. The van der Waals surface area contributed by atoms with Crippen molar-refractivity contribution in [2.75, 3.05) is 19.6 Å². The van der Waals surface area contributed by atoms with Crippen molar-refractivity contribution in [2.45, 2.75) is 37.6 Å². The van der Waals surface area contributed by atoms with Crippen LogP contribution >= 0.6 is 12.2 Å². The minimum atomic E-state index is -4.65. The van der Waals surface area contributed by atoms with Crippen molar-refractivity contribution in [1.82, 2.24) is 9.80 Å². The molecule has 10 heteroatoms. The number of hydrogen-bond donors (Lipinski definition) is 1. The van der Waals surface area contributed by atoms with E-state index in [4.69, 9.17) is 12.2 Å². The lowest BCUT2D eigenvalue weighted by Gasteiger charge is -2.43. The molecule has 0 unspecified atom stereocenters. The number of thiocarbonyl (C=S) groups is 1. The SMILES string of the molecule is O=[N+]([O-])c1ccc2c(c1)CN(C(=S)N1CCC(O)(C(F)(F)F)CC1)CC2. The van der Waals surface area contributed by atoms with E-state index in [0.29, 0.717) is 24.6 Å². The third-order valence-electron chi connectivity index (χ3n) is 5.07. The van der Waals surface area contributed by atoms with Gasteiger partial charge in [-0.1, -0.05) is 6.07 Å². The van der Waals surface area contributed by atoms with Crippen LogP contribution in [0, 0.1) is 10.1 Å². The average molecular weight is 389 g/mol. The Labute approximate surface area is 153 Å². The lowest BCUT2D eigenvalue weighted by molar-refractivity contribution is -0.385. The third kappa shape index (κ3) is 3.48. The molecule has 2 aliphatic rings. The van der Waals surface area contributed by atoms with E-state index in [1.54, 1.807) is 11.0 Å². The van der Waals surface area contributed by atoms with E-state index in [-0.39, 0.29) is 18.8 Å². The molecule has 3 rings (SSSR count).